The SMILES string of the molecule is COc1ccc(CC(=O)NCCS(=O)(=O)N2CC(C)OC(C)C2)cc1. The summed E-state index contributed by atoms with van der Waals surface area (Å²) in [5, 5.41) is 2.67. The van der Waals surface area contributed by atoms with Crippen molar-refractivity contribution in [2.24, 2.45) is 0 Å². The second-order valence-corrected chi connectivity index (χ2v) is 8.35. The van der Waals surface area contributed by atoms with Crippen LogP contribution in [0.1, 0.15) is 19.4 Å². The smallest absolute Gasteiger partial charge is 0.224 e. The van der Waals surface area contributed by atoms with E-state index in [1.165, 1.54) is 4.31 Å². The number of morpholine rings is 1. The van der Waals surface area contributed by atoms with E-state index in [4.69, 9.17) is 9.47 Å². The van der Waals surface area contributed by atoms with Crippen molar-refractivity contribution >= 4 is 15.9 Å². The molecule has 8 heteroatoms. The molecule has 0 bridgehead atoms. The Balaban J connectivity index is 1.79. The highest BCUT2D eigenvalue weighted by molar-refractivity contribution is 7.89. The largest absolute Gasteiger partial charge is 0.497 e. The standard InChI is InChI=1S/C17H26N2O5S/c1-13-11-19(12-14(2)24-13)25(21,22)9-8-18-17(20)10-15-4-6-16(23-3)7-5-15/h4-7,13-14H,8-12H2,1-3H3,(H,18,20). The Kier molecular flexibility index (Phi) is 6.80. The molecular weight excluding hydrogens is 344 g/mol. The molecule has 0 saturated carbocycles. The van der Waals surface area contributed by atoms with Crippen LogP contribution in [-0.2, 0) is 26.0 Å². The molecule has 1 aromatic carbocycles. The lowest BCUT2D eigenvalue weighted by Gasteiger charge is -2.34. The number of nitrogens with one attached hydrogen (secondary N) is 1. The fourth-order valence-corrected chi connectivity index (χ4v) is 4.29. The van der Waals surface area contributed by atoms with E-state index in [1.807, 2.05) is 26.0 Å². The molecule has 1 aliphatic rings. The van der Waals surface area contributed by atoms with Crippen LogP contribution in [0.2, 0.25) is 0 Å². The van der Waals surface area contributed by atoms with E-state index in [9.17, 15) is 13.2 Å². The van der Waals surface area contributed by atoms with E-state index in [-0.39, 0.29) is 36.8 Å². The summed E-state index contributed by atoms with van der Waals surface area (Å²) in [5.41, 5.74) is 0.844. The van der Waals surface area contributed by atoms with Gasteiger partial charge in [-0.1, -0.05) is 12.1 Å². The van der Waals surface area contributed by atoms with Crippen molar-refractivity contribution in [1.82, 2.24) is 9.62 Å². The first kappa shape index (κ1) is 19.7. The number of hydrogen-bond acceptors (Lipinski definition) is 5. The number of hydrogen-bond donors (Lipinski definition) is 1. The molecule has 140 valence electrons. The molecule has 1 heterocycles. The van der Waals surface area contributed by atoms with Crippen molar-refractivity contribution in [3.63, 3.8) is 0 Å². The van der Waals surface area contributed by atoms with E-state index in [2.05, 4.69) is 5.32 Å². The Morgan fingerprint density at radius 3 is 2.40 bits per heavy atom. The molecule has 0 aliphatic carbocycles. The number of rotatable bonds is 7. The highest BCUT2D eigenvalue weighted by atomic mass is 32.2. The molecule has 0 radical (unpaired) electrons. The van der Waals surface area contributed by atoms with Crippen LogP contribution in [0.4, 0.5) is 0 Å². The maximum absolute atomic E-state index is 12.4. The summed E-state index contributed by atoms with van der Waals surface area (Å²) in [5.74, 6) is 0.411. The number of amides is 1. The third-order valence-electron chi connectivity index (χ3n) is 3.99. The summed E-state index contributed by atoms with van der Waals surface area (Å²) in [4.78, 5) is 12.0. The van der Waals surface area contributed by atoms with Gasteiger partial charge in [0.2, 0.25) is 15.9 Å². The lowest BCUT2D eigenvalue weighted by Crippen LogP contribution is -2.49. The van der Waals surface area contributed by atoms with Gasteiger partial charge in [0, 0.05) is 19.6 Å². The van der Waals surface area contributed by atoms with Gasteiger partial charge in [0.15, 0.2) is 0 Å². The highest BCUT2D eigenvalue weighted by Gasteiger charge is 2.30. The minimum absolute atomic E-state index is 0.0947. The predicted octanol–water partition coefficient (Wildman–Crippen LogP) is 0.793. The van der Waals surface area contributed by atoms with Gasteiger partial charge in [-0.2, -0.15) is 4.31 Å². The molecule has 25 heavy (non-hydrogen) atoms. The summed E-state index contributed by atoms with van der Waals surface area (Å²) in [6.45, 7) is 4.51. The summed E-state index contributed by atoms with van der Waals surface area (Å²) in [6.07, 6.45) is -0.0401. The molecule has 1 aliphatic heterocycles. The first-order chi connectivity index (χ1) is 11.8. The van der Waals surface area contributed by atoms with Crippen LogP contribution in [0, 0.1) is 0 Å². The lowest BCUT2D eigenvalue weighted by molar-refractivity contribution is -0.120. The van der Waals surface area contributed by atoms with Crippen molar-refractivity contribution in [3.8, 4) is 5.75 Å². The fraction of sp³-hybridized carbons (Fsp3) is 0.588. The number of ether oxygens (including phenoxy) is 2. The van der Waals surface area contributed by atoms with Gasteiger partial charge < -0.3 is 14.8 Å². The minimum atomic E-state index is -3.40. The van der Waals surface area contributed by atoms with Crippen LogP contribution in [0.5, 0.6) is 5.75 Å². The molecule has 1 amide bonds. The van der Waals surface area contributed by atoms with Crippen LogP contribution in [0.25, 0.3) is 0 Å². The molecule has 0 spiro atoms. The van der Waals surface area contributed by atoms with Crippen LogP contribution in [0.15, 0.2) is 24.3 Å². The number of carbonyl (C=O) groups excluding carboxylic acids is 1. The molecule has 0 aromatic heterocycles. The average molecular weight is 370 g/mol. The van der Waals surface area contributed by atoms with E-state index in [0.717, 1.165) is 11.3 Å². The molecule has 2 rings (SSSR count). The number of nitrogens with zero attached hydrogens (tertiary/aromatic N) is 1. The van der Waals surface area contributed by atoms with Crippen molar-refractivity contribution in [1.29, 1.82) is 0 Å². The second kappa shape index (κ2) is 8.64. The van der Waals surface area contributed by atoms with E-state index in [1.54, 1.807) is 19.2 Å². The average Bonchev–Trinajstić information content (AvgIpc) is 2.54. The Bertz CT molecular complexity index is 665. The van der Waals surface area contributed by atoms with E-state index < -0.39 is 10.0 Å². The van der Waals surface area contributed by atoms with Gasteiger partial charge in [-0.15, -0.1) is 0 Å². The fourth-order valence-electron chi connectivity index (χ4n) is 2.80. The van der Waals surface area contributed by atoms with Crippen LogP contribution in [-0.4, -0.2) is 63.3 Å². The van der Waals surface area contributed by atoms with Crippen molar-refractivity contribution in [2.75, 3.05) is 32.5 Å². The molecule has 1 N–H and O–H groups in total. The lowest BCUT2D eigenvalue weighted by atomic mass is 10.1. The molecule has 1 aromatic rings. The van der Waals surface area contributed by atoms with Gasteiger partial charge in [0.25, 0.3) is 0 Å². The number of sulfonamides is 1. The Morgan fingerprint density at radius 2 is 1.84 bits per heavy atom. The van der Waals surface area contributed by atoms with Gasteiger partial charge in [0.1, 0.15) is 5.75 Å². The maximum Gasteiger partial charge on any atom is 0.224 e. The Morgan fingerprint density at radius 1 is 1.24 bits per heavy atom. The Labute approximate surface area is 149 Å². The monoisotopic (exact) mass is 370 g/mol. The molecule has 1 fully saturated rings. The molecule has 2 atom stereocenters. The maximum atomic E-state index is 12.4. The number of carbonyl (C=O) groups is 1. The predicted molar refractivity (Wildman–Crippen MR) is 95.1 cm³/mol. The van der Waals surface area contributed by atoms with Crippen LogP contribution >= 0.6 is 0 Å². The molecular formula is C17H26N2O5S. The number of benzene rings is 1. The minimum Gasteiger partial charge on any atom is -0.497 e. The number of methoxy groups -OCH3 is 1. The van der Waals surface area contributed by atoms with Gasteiger partial charge >= 0.3 is 0 Å². The van der Waals surface area contributed by atoms with Crippen molar-refractivity contribution < 1.29 is 22.7 Å². The van der Waals surface area contributed by atoms with Gasteiger partial charge in [-0.05, 0) is 31.5 Å². The zero-order valence-corrected chi connectivity index (χ0v) is 15.7. The molecule has 7 nitrogen and oxygen atoms in total. The third kappa shape index (κ3) is 5.98. The topological polar surface area (TPSA) is 84.9 Å². The molecule has 1 saturated heterocycles. The summed E-state index contributed by atoms with van der Waals surface area (Å²) in [7, 11) is -1.82. The zero-order valence-electron chi connectivity index (χ0n) is 14.9. The summed E-state index contributed by atoms with van der Waals surface area (Å²) in [6, 6.07) is 7.19. The van der Waals surface area contributed by atoms with Crippen LogP contribution in [0.3, 0.4) is 0 Å². The third-order valence-corrected chi connectivity index (χ3v) is 5.79. The zero-order chi connectivity index (χ0) is 18.4. The second-order valence-electron chi connectivity index (χ2n) is 6.27. The normalized spacial score (nSPS) is 21.7. The first-order valence-corrected chi connectivity index (χ1v) is 9.94. The van der Waals surface area contributed by atoms with Crippen molar-refractivity contribution in [3.05, 3.63) is 29.8 Å². The first-order valence-electron chi connectivity index (χ1n) is 8.33. The van der Waals surface area contributed by atoms with Crippen LogP contribution < -0.4 is 10.1 Å². The summed E-state index contributed by atoms with van der Waals surface area (Å²) >= 11 is 0. The summed E-state index contributed by atoms with van der Waals surface area (Å²) < 4.78 is 36.9. The van der Waals surface area contributed by atoms with Gasteiger partial charge in [0.05, 0.1) is 31.5 Å². The Hall–Kier alpha value is -1.64. The van der Waals surface area contributed by atoms with Gasteiger partial charge in [-0.25, -0.2) is 8.42 Å². The van der Waals surface area contributed by atoms with E-state index in [0.29, 0.717) is 13.1 Å². The van der Waals surface area contributed by atoms with E-state index >= 15 is 0 Å². The highest BCUT2D eigenvalue weighted by Crippen LogP contribution is 2.15. The molecule has 2 unspecified atom stereocenters. The quantitative estimate of drug-likeness (QED) is 0.767. The van der Waals surface area contributed by atoms with Gasteiger partial charge in [-0.3, -0.25) is 4.79 Å². The van der Waals surface area contributed by atoms with Crippen molar-refractivity contribution in [2.45, 2.75) is 32.5 Å².